The van der Waals surface area contributed by atoms with Crippen LogP contribution in [0.2, 0.25) is 0 Å². The first-order valence-electron chi connectivity index (χ1n) is 12.2. The Bertz CT molecular complexity index is 1370. The topological polar surface area (TPSA) is 107 Å². The number of benzene rings is 3. The van der Waals surface area contributed by atoms with Gasteiger partial charge in [-0.2, -0.15) is 0 Å². The fourth-order valence-electron chi connectivity index (χ4n) is 4.19. The average molecular weight is 513 g/mol. The maximum atomic E-state index is 13.7. The average Bonchev–Trinajstić information content (AvgIpc) is 3.16. The van der Waals surface area contributed by atoms with Crippen LogP contribution in [0.1, 0.15) is 44.9 Å². The van der Waals surface area contributed by atoms with Gasteiger partial charge in [0.15, 0.2) is 0 Å². The van der Waals surface area contributed by atoms with Crippen LogP contribution in [0.5, 0.6) is 0 Å². The highest BCUT2D eigenvalue weighted by Crippen LogP contribution is 2.25. The molecule has 1 aliphatic rings. The number of nitrogens with one attached hydrogen (secondary N) is 1. The Morgan fingerprint density at radius 2 is 1.34 bits per heavy atom. The molecule has 1 heterocycles. The van der Waals surface area contributed by atoms with Crippen molar-refractivity contribution in [2.75, 3.05) is 29.9 Å². The van der Waals surface area contributed by atoms with Crippen molar-refractivity contribution in [2.24, 2.45) is 0 Å². The molecule has 3 aromatic rings. The molecule has 0 bridgehead atoms. The summed E-state index contributed by atoms with van der Waals surface area (Å²) in [5.74, 6) is -2.70. The van der Waals surface area contributed by atoms with Crippen LogP contribution < -0.4 is 15.1 Å². The minimum atomic E-state index is -0.681. The summed E-state index contributed by atoms with van der Waals surface area (Å²) in [7, 11) is 1.59. The quantitative estimate of drug-likeness (QED) is 0.467. The molecule has 0 aliphatic carbocycles. The highest BCUT2D eigenvalue weighted by Gasteiger charge is 2.38. The van der Waals surface area contributed by atoms with Crippen molar-refractivity contribution in [1.82, 2.24) is 10.2 Å². The second-order valence-electron chi connectivity index (χ2n) is 9.16. The number of nitrogens with zero attached hydrogens (tertiary/aromatic N) is 3. The highest BCUT2D eigenvalue weighted by molar-refractivity contribution is 6.23. The van der Waals surface area contributed by atoms with E-state index in [0.29, 0.717) is 5.69 Å². The van der Waals surface area contributed by atoms with Gasteiger partial charge in [-0.1, -0.05) is 42.5 Å². The van der Waals surface area contributed by atoms with Crippen molar-refractivity contribution in [1.29, 1.82) is 0 Å². The molecule has 0 saturated carbocycles. The summed E-state index contributed by atoms with van der Waals surface area (Å²) in [5.41, 5.74) is 1.44. The maximum absolute atomic E-state index is 13.7. The lowest BCUT2D eigenvalue weighted by Crippen LogP contribution is -2.47. The van der Waals surface area contributed by atoms with Gasteiger partial charge in [0.1, 0.15) is 13.1 Å². The molecule has 9 heteroatoms. The van der Waals surface area contributed by atoms with E-state index >= 15 is 0 Å². The largest absolute Gasteiger partial charge is 0.350 e. The Morgan fingerprint density at radius 1 is 0.789 bits per heavy atom. The van der Waals surface area contributed by atoms with E-state index in [4.69, 9.17) is 0 Å². The van der Waals surface area contributed by atoms with Gasteiger partial charge in [-0.25, -0.2) is 0 Å². The van der Waals surface area contributed by atoms with Crippen LogP contribution in [-0.2, 0) is 9.59 Å². The maximum Gasteiger partial charge on any atom is 0.262 e. The van der Waals surface area contributed by atoms with Crippen LogP contribution in [0, 0.1) is 0 Å². The zero-order valence-corrected chi connectivity index (χ0v) is 21.4. The molecule has 0 aromatic heterocycles. The number of hydrogen-bond acceptors (Lipinski definition) is 5. The number of likely N-dealkylation sites (N-methyl/N-ethyl adjacent to an activating group) is 1. The van der Waals surface area contributed by atoms with Gasteiger partial charge >= 0.3 is 0 Å². The molecule has 1 aliphatic heterocycles. The Hall–Kier alpha value is -4.79. The second-order valence-corrected chi connectivity index (χ2v) is 9.16. The summed E-state index contributed by atoms with van der Waals surface area (Å²) < 4.78 is 0. The molecular formula is C29H28N4O5. The number of carbonyl (C=O) groups is 5. The van der Waals surface area contributed by atoms with Crippen molar-refractivity contribution in [3.05, 3.63) is 95.6 Å². The number of imide groups is 1. The molecule has 9 nitrogen and oxygen atoms in total. The molecule has 3 aromatic carbocycles. The zero-order valence-electron chi connectivity index (χ0n) is 21.4. The Kier molecular flexibility index (Phi) is 7.66. The molecular weight excluding hydrogens is 484 g/mol. The first kappa shape index (κ1) is 26.3. The first-order valence-corrected chi connectivity index (χ1v) is 12.2. The van der Waals surface area contributed by atoms with E-state index in [1.807, 2.05) is 19.9 Å². The molecule has 1 N–H and O–H groups in total. The van der Waals surface area contributed by atoms with Crippen LogP contribution in [0.15, 0.2) is 78.9 Å². The third kappa shape index (κ3) is 5.31. The van der Waals surface area contributed by atoms with E-state index in [1.54, 1.807) is 67.7 Å². The third-order valence-electron chi connectivity index (χ3n) is 6.14. The van der Waals surface area contributed by atoms with Crippen LogP contribution in [0.3, 0.4) is 0 Å². The molecule has 0 unspecified atom stereocenters. The van der Waals surface area contributed by atoms with Gasteiger partial charge in [0.25, 0.3) is 17.7 Å². The fraction of sp³-hybridized carbons (Fsp3) is 0.207. The standard InChI is InChI=1S/C29H28N4O5/c1-19(2)30-27(36)23-15-9-10-16-24(23)32(17-25(34)31(3)20-11-5-4-6-12-20)26(35)18-33-28(37)21-13-7-8-14-22(21)29(33)38/h4-16,19H,17-18H2,1-3H3,(H,30,36). The van der Waals surface area contributed by atoms with E-state index in [1.165, 1.54) is 17.0 Å². The summed E-state index contributed by atoms with van der Waals surface area (Å²) in [5, 5.41) is 2.80. The van der Waals surface area contributed by atoms with Crippen LogP contribution in [0.25, 0.3) is 0 Å². The summed E-state index contributed by atoms with van der Waals surface area (Å²) in [6.07, 6.45) is 0. The van der Waals surface area contributed by atoms with Gasteiger partial charge in [-0.15, -0.1) is 0 Å². The summed E-state index contributed by atoms with van der Waals surface area (Å²) >= 11 is 0. The third-order valence-corrected chi connectivity index (χ3v) is 6.14. The number of fused-ring (bicyclic) bond motifs is 1. The van der Waals surface area contributed by atoms with E-state index in [-0.39, 0.29) is 28.4 Å². The summed E-state index contributed by atoms with van der Waals surface area (Å²) in [4.78, 5) is 69.2. The number of amides is 5. The number of hydrogen-bond donors (Lipinski definition) is 1. The van der Waals surface area contributed by atoms with Crippen molar-refractivity contribution in [3.63, 3.8) is 0 Å². The lowest BCUT2D eigenvalue weighted by Gasteiger charge is -2.28. The van der Waals surface area contributed by atoms with Crippen molar-refractivity contribution in [3.8, 4) is 0 Å². The van der Waals surface area contributed by atoms with Gasteiger partial charge < -0.3 is 15.1 Å². The molecule has 194 valence electrons. The first-order chi connectivity index (χ1) is 18.2. The smallest absolute Gasteiger partial charge is 0.262 e. The number of para-hydroxylation sites is 2. The molecule has 4 rings (SSSR count). The van der Waals surface area contributed by atoms with Crippen molar-refractivity contribution in [2.45, 2.75) is 19.9 Å². The van der Waals surface area contributed by atoms with Gasteiger partial charge in [0, 0.05) is 18.8 Å². The normalized spacial score (nSPS) is 12.4. The van der Waals surface area contributed by atoms with E-state index in [2.05, 4.69) is 5.32 Å². The van der Waals surface area contributed by atoms with Gasteiger partial charge in [-0.05, 0) is 50.2 Å². The Labute approximate surface area is 220 Å². The number of carbonyl (C=O) groups excluding carboxylic acids is 5. The summed E-state index contributed by atoms with van der Waals surface area (Å²) in [6, 6.07) is 21.5. The van der Waals surface area contributed by atoms with Crippen molar-refractivity contribution < 1.29 is 24.0 Å². The van der Waals surface area contributed by atoms with Gasteiger partial charge in [-0.3, -0.25) is 28.9 Å². The molecule has 0 spiro atoms. The van der Waals surface area contributed by atoms with Crippen LogP contribution in [-0.4, -0.2) is 60.6 Å². The molecule has 0 radical (unpaired) electrons. The molecule has 0 saturated heterocycles. The number of anilines is 2. The molecule has 5 amide bonds. The number of rotatable bonds is 8. The van der Waals surface area contributed by atoms with Crippen LogP contribution in [0.4, 0.5) is 11.4 Å². The van der Waals surface area contributed by atoms with Gasteiger partial charge in [0.05, 0.1) is 22.4 Å². The van der Waals surface area contributed by atoms with Gasteiger partial charge in [0.2, 0.25) is 11.8 Å². The zero-order chi connectivity index (χ0) is 27.4. The van der Waals surface area contributed by atoms with Crippen LogP contribution >= 0.6 is 0 Å². The predicted molar refractivity (Wildman–Crippen MR) is 143 cm³/mol. The lowest BCUT2D eigenvalue weighted by atomic mass is 10.1. The monoisotopic (exact) mass is 512 g/mol. The van der Waals surface area contributed by atoms with E-state index in [0.717, 1.165) is 9.80 Å². The minimum absolute atomic E-state index is 0.163. The van der Waals surface area contributed by atoms with Crippen molar-refractivity contribution >= 4 is 40.9 Å². The molecule has 0 atom stereocenters. The fourth-order valence-corrected chi connectivity index (χ4v) is 4.19. The molecule has 0 fully saturated rings. The highest BCUT2D eigenvalue weighted by atomic mass is 16.2. The predicted octanol–water partition coefficient (Wildman–Crippen LogP) is 3.12. The molecule has 38 heavy (non-hydrogen) atoms. The Morgan fingerprint density at radius 3 is 1.95 bits per heavy atom. The lowest BCUT2D eigenvalue weighted by molar-refractivity contribution is -0.122. The second kappa shape index (κ2) is 11.1. The Balaban J connectivity index is 1.67. The van der Waals surface area contributed by atoms with E-state index in [9.17, 15) is 24.0 Å². The SMILES string of the molecule is CC(C)NC(=O)c1ccccc1N(CC(=O)N(C)c1ccccc1)C(=O)CN1C(=O)c2ccccc2C1=O. The van der Waals surface area contributed by atoms with E-state index < -0.39 is 42.6 Å². The minimum Gasteiger partial charge on any atom is -0.350 e. The summed E-state index contributed by atoms with van der Waals surface area (Å²) in [6.45, 7) is 2.61.